The summed E-state index contributed by atoms with van der Waals surface area (Å²) in [5.41, 5.74) is 3.78. The summed E-state index contributed by atoms with van der Waals surface area (Å²) >= 11 is 0. The van der Waals surface area contributed by atoms with Crippen molar-refractivity contribution < 1.29 is 14.0 Å². The van der Waals surface area contributed by atoms with Gasteiger partial charge in [-0.15, -0.1) is 0 Å². The van der Waals surface area contributed by atoms with Gasteiger partial charge >= 0.3 is 6.03 Å². The van der Waals surface area contributed by atoms with Gasteiger partial charge in [-0.1, -0.05) is 42.5 Å². The fourth-order valence-corrected chi connectivity index (χ4v) is 3.85. The highest BCUT2D eigenvalue weighted by Gasteiger charge is 2.27. The van der Waals surface area contributed by atoms with Gasteiger partial charge in [0.15, 0.2) is 0 Å². The Kier molecular flexibility index (Phi) is 6.47. The summed E-state index contributed by atoms with van der Waals surface area (Å²) in [4.78, 5) is 27.1. The number of fused-ring (bicyclic) bond motifs is 1. The Morgan fingerprint density at radius 2 is 1.59 bits per heavy atom. The predicted molar refractivity (Wildman–Crippen MR) is 124 cm³/mol. The molecule has 4 rings (SSSR count). The molecule has 1 aliphatic heterocycles. The van der Waals surface area contributed by atoms with E-state index in [1.165, 1.54) is 6.07 Å². The second-order valence-electron chi connectivity index (χ2n) is 7.75. The number of rotatable bonds is 5. The zero-order valence-corrected chi connectivity index (χ0v) is 17.8. The summed E-state index contributed by atoms with van der Waals surface area (Å²) in [6.07, 6.45) is 0.689. The second kappa shape index (κ2) is 9.62. The van der Waals surface area contributed by atoms with Crippen molar-refractivity contribution in [2.75, 3.05) is 22.5 Å². The smallest absolute Gasteiger partial charge is 0.322 e. The van der Waals surface area contributed by atoms with Gasteiger partial charge in [-0.05, 0) is 54.8 Å². The summed E-state index contributed by atoms with van der Waals surface area (Å²) in [6.45, 7) is 3.03. The van der Waals surface area contributed by atoms with Crippen LogP contribution in [-0.2, 0) is 17.8 Å². The molecule has 1 heterocycles. The average molecular weight is 432 g/mol. The molecule has 7 heteroatoms. The number of carbonyl (C=O) groups excluding carboxylic acids is 2. The summed E-state index contributed by atoms with van der Waals surface area (Å²) in [5, 5.41) is 8.43. The van der Waals surface area contributed by atoms with E-state index in [2.05, 4.69) is 16.0 Å². The zero-order valence-electron chi connectivity index (χ0n) is 17.8. The first kappa shape index (κ1) is 21.5. The third kappa shape index (κ3) is 4.95. The normalized spacial score (nSPS) is 14.2. The zero-order chi connectivity index (χ0) is 22.5. The summed E-state index contributed by atoms with van der Waals surface area (Å²) in [5.74, 6) is -0.711. The molecule has 3 amide bonds. The molecule has 6 nitrogen and oxygen atoms in total. The predicted octanol–water partition coefficient (Wildman–Crippen LogP) is 4.86. The van der Waals surface area contributed by atoms with E-state index >= 15 is 0 Å². The molecular weight excluding hydrogens is 407 g/mol. The van der Waals surface area contributed by atoms with Gasteiger partial charge < -0.3 is 16.0 Å². The van der Waals surface area contributed by atoms with E-state index in [0.29, 0.717) is 19.5 Å². The van der Waals surface area contributed by atoms with Crippen LogP contribution in [0.15, 0.2) is 72.8 Å². The number of amides is 3. The van der Waals surface area contributed by atoms with Crippen LogP contribution in [0.2, 0.25) is 0 Å². The SMILES string of the molecule is CC(C(=O)Nc1ccccc1F)N1CCc2c(cccc2NC(=O)Nc2ccccc2)C1. The number of anilines is 3. The van der Waals surface area contributed by atoms with Crippen molar-refractivity contribution in [2.45, 2.75) is 25.9 Å². The minimum atomic E-state index is -0.457. The fraction of sp³-hybridized carbons (Fsp3) is 0.200. The lowest BCUT2D eigenvalue weighted by Crippen LogP contribution is -2.44. The highest BCUT2D eigenvalue weighted by Crippen LogP contribution is 2.28. The van der Waals surface area contributed by atoms with Gasteiger partial charge in [-0.25, -0.2) is 9.18 Å². The standard InChI is InChI=1S/C25H25FN4O2/c1-17(24(31)28-23-12-6-5-11-21(23)26)30-15-14-20-18(16-30)8-7-13-22(20)29-25(32)27-19-9-3-2-4-10-19/h2-13,17H,14-16H2,1H3,(H,28,31)(H2,27,29,32). The number of halogens is 1. The van der Waals surface area contributed by atoms with Crippen molar-refractivity contribution in [3.05, 3.63) is 89.7 Å². The molecule has 1 atom stereocenters. The molecule has 0 aliphatic carbocycles. The van der Waals surface area contributed by atoms with Crippen molar-refractivity contribution in [2.24, 2.45) is 0 Å². The largest absolute Gasteiger partial charge is 0.323 e. The molecular formula is C25H25FN4O2. The van der Waals surface area contributed by atoms with E-state index in [0.717, 1.165) is 22.5 Å². The van der Waals surface area contributed by atoms with Gasteiger partial charge in [0.05, 0.1) is 11.7 Å². The van der Waals surface area contributed by atoms with Crippen LogP contribution >= 0.6 is 0 Å². The van der Waals surface area contributed by atoms with Crippen molar-refractivity contribution in [1.29, 1.82) is 0 Å². The minimum absolute atomic E-state index is 0.178. The first-order chi connectivity index (χ1) is 15.5. The molecule has 0 saturated carbocycles. The Morgan fingerprint density at radius 3 is 2.38 bits per heavy atom. The summed E-state index contributed by atoms with van der Waals surface area (Å²) in [7, 11) is 0. The lowest BCUT2D eigenvalue weighted by atomic mass is 9.96. The second-order valence-corrected chi connectivity index (χ2v) is 7.75. The number of urea groups is 1. The molecule has 3 aromatic carbocycles. The van der Waals surface area contributed by atoms with Crippen molar-refractivity contribution in [3.8, 4) is 0 Å². The highest BCUT2D eigenvalue weighted by atomic mass is 19.1. The van der Waals surface area contributed by atoms with Crippen LogP contribution < -0.4 is 16.0 Å². The van der Waals surface area contributed by atoms with Crippen LogP contribution in [0.1, 0.15) is 18.1 Å². The van der Waals surface area contributed by atoms with Gasteiger partial charge in [0.1, 0.15) is 5.82 Å². The quantitative estimate of drug-likeness (QED) is 0.539. The molecule has 32 heavy (non-hydrogen) atoms. The molecule has 1 aliphatic rings. The van der Waals surface area contributed by atoms with Crippen molar-refractivity contribution in [1.82, 2.24) is 4.90 Å². The first-order valence-electron chi connectivity index (χ1n) is 10.5. The Balaban J connectivity index is 1.41. The van der Waals surface area contributed by atoms with E-state index in [-0.39, 0.29) is 17.6 Å². The molecule has 0 aromatic heterocycles. The summed E-state index contributed by atoms with van der Waals surface area (Å²) in [6, 6.07) is 20.4. The van der Waals surface area contributed by atoms with E-state index in [1.54, 1.807) is 18.2 Å². The maximum absolute atomic E-state index is 13.9. The molecule has 0 bridgehead atoms. The fourth-order valence-electron chi connectivity index (χ4n) is 3.85. The van der Waals surface area contributed by atoms with Gasteiger partial charge in [0.25, 0.3) is 0 Å². The third-order valence-electron chi connectivity index (χ3n) is 5.63. The van der Waals surface area contributed by atoms with Crippen molar-refractivity contribution >= 4 is 29.0 Å². The van der Waals surface area contributed by atoms with Crippen LogP contribution in [0.3, 0.4) is 0 Å². The molecule has 3 N–H and O–H groups in total. The number of carbonyl (C=O) groups is 2. The third-order valence-corrected chi connectivity index (χ3v) is 5.63. The Labute approximate surface area is 186 Å². The van der Waals surface area contributed by atoms with Gasteiger partial charge in [-0.2, -0.15) is 0 Å². The molecule has 0 fully saturated rings. The van der Waals surface area contributed by atoms with Crippen LogP contribution in [0.25, 0.3) is 0 Å². The Morgan fingerprint density at radius 1 is 0.875 bits per heavy atom. The van der Waals surface area contributed by atoms with Crippen LogP contribution in [0, 0.1) is 5.82 Å². The van der Waals surface area contributed by atoms with Crippen LogP contribution in [0.5, 0.6) is 0 Å². The Bertz CT molecular complexity index is 1120. The maximum atomic E-state index is 13.9. The number of nitrogens with zero attached hydrogens (tertiary/aromatic N) is 1. The number of hydrogen-bond acceptors (Lipinski definition) is 3. The van der Waals surface area contributed by atoms with Crippen molar-refractivity contribution in [3.63, 3.8) is 0 Å². The van der Waals surface area contributed by atoms with Crippen LogP contribution in [-0.4, -0.2) is 29.4 Å². The molecule has 0 saturated heterocycles. The van der Waals surface area contributed by atoms with E-state index in [1.807, 2.05) is 60.4 Å². The van der Waals surface area contributed by atoms with E-state index in [4.69, 9.17) is 0 Å². The molecule has 1 unspecified atom stereocenters. The number of hydrogen-bond donors (Lipinski definition) is 3. The van der Waals surface area contributed by atoms with Gasteiger partial charge in [0.2, 0.25) is 5.91 Å². The number of benzene rings is 3. The van der Waals surface area contributed by atoms with Crippen LogP contribution in [0.4, 0.5) is 26.2 Å². The summed E-state index contributed by atoms with van der Waals surface area (Å²) < 4.78 is 13.9. The number of nitrogens with one attached hydrogen (secondary N) is 3. The average Bonchev–Trinajstić information content (AvgIpc) is 2.80. The number of para-hydroxylation sites is 2. The molecule has 164 valence electrons. The van der Waals surface area contributed by atoms with Gasteiger partial charge in [-0.3, -0.25) is 9.69 Å². The Hall–Kier alpha value is -3.71. The van der Waals surface area contributed by atoms with Gasteiger partial charge in [0, 0.05) is 24.5 Å². The molecule has 0 spiro atoms. The highest BCUT2D eigenvalue weighted by molar-refractivity contribution is 6.00. The lowest BCUT2D eigenvalue weighted by molar-refractivity contribution is -0.121. The monoisotopic (exact) mass is 432 g/mol. The molecule has 0 radical (unpaired) electrons. The van der Waals surface area contributed by atoms with E-state index < -0.39 is 11.9 Å². The van der Waals surface area contributed by atoms with E-state index in [9.17, 15) is 14.0 Å². The first-order valence-corrected chi connectivity index (χ1v) is 10.5. The lowest BCUT2D eigenvalue weighted by Gasteiger charge is -2.33. The minimum Gasteiger partial charge on any atom is -0.322 e. The molecule has 3 aromatic rings. The maximum Gasteiger partial charge on any atom is 0.323 e. The topological polar surface area (TPSA) is 73.5 Å².